The van der Waals surface area contributed by atoms with Gasteiger partial charge in [-0.25, -0.2) is 0 Å². The van der Waals surface area contributed by atoms with Crippen LogP contribution in [0.3, 0.4) is 0 Å². The zero-order chi connectivity index (χ0) is 14.1. The maximum atomic E-state index is 5.03. The minimum absolute atomic E-state index is 0.227. The number of rotatable bonds is 9. The van der Waals surface area contributed by atoms with Crippen LogP contribution in [0.2, 0.25) is 0 Å². The fourth-order valence-electron chi connectivity index (χ4n) is 2.26. The molecule has 0 amide bonds. The predicted molar refractivity (Wildman–Crippen MR) is 82.8 cm³/mol. The molecule has 0 fully saturated rings. The van der Waals surface area contributed by atoms with Gasteiger partial charge >= 0.3 is 0 Å². The van der Waals surface area contributed by atoms with Crippen molar-refractivity contribution in [2.24, 2.45) is 0 Å². The normalized spacial score (nSPS) is 11.8. The quantitative estimate of drug-likeness (QED) is 0.688. The molecule has 0 atom stereocenters. The lowest BCUT2D eigenvalue weighted by Crippen LogP contribution is -2.27. The summed E-state index contributed by atoms with van der Waals surface area (Å²) in [7, 11) is 1.74. The molecule has 0 bridgehead atoms. The third-order valence-corrected chi connectivity index (χ3v) is 3.68. The minimum atomic E-state index is 0.227. The van der Waals surface area contributed by atoms with Gasteiger partial charge in [-0.05, 0) is 35.9 Å². The van der Waals surface area contributed by atoms with Gasteiger partial charge in [-0.2, -0.15) is 0 Å². The van der Waals surface area contributed by atoms with Crippen molar-refractivity contribution in [2.75, 3.05) is 26.8 Å². The van der Waals surface area contributed by atoms with E-state index in [9.17, 15) is 0 Å². The second-order valence-corrected chi connectivity index (χ2v) is 5.82. The largest absolute Gasteiger partial charge is 0.383 e. The van der Waals surface area contributed by atoms with Crippen molar-refractivity contribution in [3.63, 3.8) is 0 Å². The number of methoxy groups -OCH3 is 1. The smallest absolute Gasteiger partial charge is 0.0587 e. The molecule has 0 spiro atoms. The number of benzene rings is 1. The molecule has 0 aromatic heterocycles. The van der Waals surface area contributed by atoms with Gasteiger partial charge in [0.2, 0.25) is 0 Å². The molecule has 0 aliphatic carbocycles. The second kappa shape index (κ2) is 8.34. The van der Waals surface area contributed by atoms with E-state index in [4.69, 9.17) is 4.74 Å². The molecule has 2 nitrogen and oxygen atoms in total. The zero-order valence-electron chi connectivity index (χ0n) is 13.0. The Morgan fingerprint density at radius 2 is 1.79 bits per heavy atom. The van der Waals surface area contributed by atoms with Gasteiger partial charge in [0.1, 0.15) is 0 Å². The van der Waals surface area contributed by atoms with Gasteiger partial charge < -0.3 is 10.1 Å². The first-order valence-electron chi connectivity index (χ1n) is 7.39. The third-order valence-electron chi connectivity index (χ3n) is 3.68. The number of hydrogen-bond acceptors (Lipinski definition) is 2. The highest BCUT2D eigenvalue weighted by Gasteiger charge is 2.19. The van der Waals surface area contributed by atoms with Crippen molar-refractivity contribution in [2.45, 2.75) is 45.4 Å². The van der Waals surface area contributed by atoms with Gasteiger partial charge in [-0.15, -0.1) is 0 Å². The van der Waals surface area contributed by atoms with E-state index in [0.717, 1.165) is 26.1 Å². The Morgan fingerprint density at radius 1 is 1.11 bits per heavy atom. The highest BCUT2D eigenvalue weighted by atomic mass is 16.5. The fraction of sp³-hybridized carbons (Fsp3) is 0.647. The molecule has 2 heteroatoms. The fourth-order valence-corrected chi connectivity index (χ4v) is 2.26. The molecular formula is C17H29NO. The van der Waals surface area contributed by atoms with Crippen LogP contribution in [0.1, 0.15) is 44.7 Å². The maximum absolute atomic E-state index is 5.03. The summed E-state index contributed by atoms with van der Waals surface area (Å²) in [6, 6.07) is 9.14. The Morgan fingerprint density at radius 3 is 2.37 bits per heavy atom. The average molecular weight is 263 g/mol. The zero-order valence-corrected chi connectivity index (χ0v) is 13.0. The molecule has 0 aliphatic heterocycles. The molecule has 19 heavy (non-hydrogen) atoms. The van der Waals surface area contributed by atoms with E-state index >= 15 is 0 Å². The lowest BCUT2D eigenvalue weighted by molar-refractivity contribution is 0.198. The lowest BCUT2D eigenvalue weighted by Gasteiger charge is -2.25. The number of aryl methyl sites for hydroxylation is 1. The molecule has 1 aromatic carbocycles. The van der Waals surface area contributed by atoms with Crippen LogP contribution in [0.4, 0.5) is 0 Å². The molecule has 1 N–H and O–H groups in total. The summed E-state index contributed by atoms with van der Waals surface area (Å²) in [5.41, 5.74) is 3.10. The first kappa shape index (κ1) is 16.2. The van der Waals surface area contributed by atoms with E-state index in [-0.39, 0.29) is 5.41 Å². The molecule has 108 valence electrons. The van der Waals surface area contributed by atoms with Crippen molar-refractivity contribution in [1.82, 2.24) is 5.32 Å². The summed E-state index contributed by atoms with van der Waals surface area (Å²) in [5.74, 6) is 0. The van der Waals surface area contributed by atoms with E-state index in [1.165, 1.54) is 24.0 Å². The second-order valence-electron chi connectivity index (χ2n) is 5.82. The Balaban J connectivity index is 2.46. The topological polar surface area (TPSA) is 21.3 Å². The standard InChI is InChI=1S/C17H29NO/c1-5-6-15-7-9-16(10-8-15)17(2,3)11-12-18-13-14-19-4/h7-10,18H,5-6,11-14H2,1-4H3. The summed E-state index contributed by atoms with van der Waals surface area (Å²) in [4.78, 5) is 0. The summed E-state index contributed by atoms with van der Waals surface area (Å²) in [6.45, 7) is 9.62. The molecule has 0 aliphatic rings. The van der Waals surface area contributed by atoms with Crippen LogP contribution in [0.25, 0.3) is 0 Å². The average Bonchev–Trinajstić information content (AvgIpc) is 2.39. The highest BCUT2D eigenvalue weighted by molar-refractivity contribution is 5.28. The summed E-state index contributed by atoms with van der Waals surface area (Å²) in [6.07, 6.45) is 3.54. The van der Waals surface area contributed by atoms with E-state index in [2.05, 4.69) is 50.4 Å². The summed E-state index contributed by atoms with van der Waals surface area (Å²) >= 11 is 0. The molecule has 0 saturated carbocycles. The van der Waals surface area contributed by atoms with Gasteiger partial charge in [-0.3, -0.25) is 0 Å². The van der Waals surface area contributed by atoms with Crippen LogP contribution in [0.5, 0.6) is 0 Å². The molecule has 0 unspecified atom stereocenters. The molecule has 0 saturated heterocycles. The number of nitrogens with one attached hydrogen (secondary N) is 1. The third kappa shape index (κ3) is 5.75. The monoisotopic (exact) mass is 263 g/mol. The molecule has 0 heterocycles. The van der Waals surface area contributed by atoms with Crippen molar-refractivity contribution >= 4 is 0 Å². The Hall–Kier alpha value is -0.860. The van der Waals surface area contributed by atoms with Crippen LogP contribution < -0.4 is 5.32 Å². The van der Waals surface area contributed by atoms with Gasteiger partial charge in [0.25, 0.3) is 0 Å². The molecule has 0 radical (unpaired) electrons. The van der Waals surface area contributed by atoms with E-state index in [1.54, 1.807) is 7.11 Å². The van der Waals surface area contributed by atoms with Crippen LogP contribution in [0, 0.1) is 0 Å². The van der Waals surface area contributed by atoms with Gasteiger partial charge in [0.05, 0.1) is 6.61 Å². The Labute approximate surface area is 118 Å². The van der Waals surface area contributed by atoms with Crippen molar-refractivity contribution in [3.05, 3.63) is 35.4 Å². The van der Waals surface area contributed by atoms with Gasteiger partial charge in [0, 0.05) is 13.7 Å². The van der Waals surface area contributed by atoms with E-state index in [1.807, 2.05) is 0 Å². The maximum Gasteiger partial charge on any atom is 0.0587 e. The van der Waals surface area contributed by atoms with Crippen LogP contribution in [0.15, 0.2) is 24.3 Å². The van der Waals surface area contributed by atoms with Crippen molar-refractivity contribution in [1.29, 1.82) is 0 Å². The highest BCUT2D eigenvalue weighted by Crippen LogP contribution is 2.26. The molecule has 1 aromatic rings. The first-order valence-corrected chi connectivity index (χ1v) is 7.39. The van der Waals surface area contributed by atoms with Crippen molar-refractivity contribution < 1.29 is 4.74 Å². The van der Waals surface area contributed by atoms with Crippen molar-refractivity contribution in [3.8, 4) is 0 Å². The van der Waals surface area contributed by atoms with E-state index in [0.29, 0.717) is 0 Å². The summed E-state index contributed by atoms with van der Waals surface area (Å²) in [5, 5.41) is 3.42. The first-order chi connectivity index (χ1) is 9.10. The Kier molecular flexibility index (Phi) is 7.11. The van der Waals surface area contributed by atoms with Gasteiger partial charge in [0.15, 0.2) is 0 Å². The van der Waals surface area contributed by atoms with E-state index < -0.39 is 0 Å². The lowest BCUT2D eigenvalue weighted by atomic mass is 9.81. The SMILES string of the molecule is CCCc1ccc(C(C)(C)CCNCCOC)cc1. The molecular weight excluding hydrogens is 234 g/mol. The summed E-state index contributed by atoms with van der Waals surface area (Å²) < 4.78 is 5.03. The van der Waals surface area contributed by atoms with Crippen LogP contribution in [-0.2, 0) is 16.6 Å². The minimum Gasteiger partial charge on any atom is -0.383 e. The number of ether oxygens (including phenoxy) is 1. The van der Waals surface area contributed by atoms with Gasteiger partial charge in [-0.1, -0.05) is 51.5 Å². The Bertz CT molecular complexity index is 343. The number of hydrogen-bond donors (Lipinski definition) is 1. The predicted octanol–water partition coefficient (Wildman–Crippen LogP) is 3.54. The van der Waals surface area contributed by atoms with Crippen LogP contribution >= 0.6 is 0 Å². The van der Waals surface area contributed by atoms with Crippen LogP contribution in [-0.4, -0.2) is 26.8 Å². The molecule has 1 rings (SSSR count).